The molecule has 0 bridgehead atoms. The van der Waals surface area contributed by atoms with Crippen LogP contribution in [0, 0.1) is 6.92 Å². The van der Waals surface area contributed by atoms with Gasteiger partial charge in [0.25, 0.3) is 5.91 Å². The number of pyridine rings is 2. The number of nitrogens with one attached hydrogen (secondary N) is 1. The Balaban J connectivity index is 1.41. The molecule has 3 aromatic heterocycles. The summed E-state index contributed by atoms with van der Waals surface area (Å²) in [5.74, 6) is 0.805. The number of alkyl halides is 3. The average molecular weight is 430 g/mol. The van der Waals surface area contributed by atoms with Gasteiger partial charge in [-0.05, 0) is 43.5 Å². The van der Waals surface area contributed by atoms with Crippen molar-refractivity contribution in [1.29, 1.82) is 0 Å². The molecule has 162 valence electrons. The van der Waals surface area contributed by atoms with Crippen LogP contribution in [0.3, 0.4) is 0 Å². The third-order valence-electron chi connectivity index (χ3n) is 5.24. The first kappa shape index (κ1) is 20.8. The second-order valence-electron chi connectivity index (χ2n) is 7.36. The number of rotatable bonds is 5. The maximum atomic E-state index is 12.7. The number of hydrogen-bond donors (Lipinski definition) is 1. The van der Waals surface area contributed by atoms with Crippen molar-refractivity contribution in [3.05, 3.63) is 65.2 Å². The molecule has 1 aliphatic heterocycles. The predicted molar refractivity (Wildman–Crippen MR) is 108 cm³/mol. The zero-order valence-corrected chi connectivity index (χ0v) is 16.9. The van der Waals surface area contributed by atoms with Crippen molar-refractivity contribution in [1.82, 2.24) is 25.1 Å². The molecule has 31 heavy (non-hydrogen) atoms. The van der Waals surface area contributed by atoms with Gasteiger partial charge in [0, 0.05) is 32.0 Å². The van der Waals surface area contributed by atoms with Crippen molar-refractivity contribution >= 4 is 11.7 Å². The fourth-order valence-electron chi connectivity index (χ4n) is 3.47. The summed E-state index contributed by atoms with van der Waals surface area (Å²) in [6.07, 6.45) is 1.75. The molecule has 0 unspecified atom stereocenters. The van der Waals surface area contributed by atoms with Crippen molar-refractivity contribution in [2.45, 2.75) is 32.5 Å². The normalized spacial score (nSPS) is 14.1. The molecule has 7 nitrogen and oxygen atoms in total. The zero-order valence-electron chi connectivity index (χ0n) is 16.9. The van der Waals surface area contributed by atoms with Crippen LogP contribution in [0.25, 0.3) is 5.82 Å². The number of aromatic nitrogens is 4. The fourth-order valence-corrected chi connectivity index (χ4v) is 3.47. The maximum absolute atomic E-state index is 12.7. The van der Waals surface area contributed by atoms with Crippen LogP contribution in [0.5, 0.6) is 0 Å². The molecule has 1 N–H and O–H groups in total. The zero-order chi connectivity index (χ0) is 22.0. The minimum Gasteiger partial charge on any atom is -0.357 e. The predicted octanol–water partition coefficient (Wildman–Crippen LogP) is 3.52. The lowest BCUT2D eigenvalue weighted by Crippen LogP contribution is -2.24. The number of halogens is 3. The highest BCUT2D eigenvalue weighted by molar-refractivity contribution is 5.95. The Morgan fingerprint density at radius 3 is 2.35 bits per heavy atom. The van der Waals surface area contributed by atoms with E-state index in [1.807, 2.05) is 12.1 Å². The van der Waals surface area contributed by atoms with Crippen LogP contribution in [-0.4, -0.2) is 38.7 Å². The summed E-state index contributed by atoms with van der Waals surface area (Å²) in [6, 6.07) is 6.04. The van der Waals surface area contributed by atoms with Crippen LogP contribution in [-0.2, 0) is 12.7 Å². The van der Waals surface area contributed by atoms with Gasteiger partial charge in [-0.1, -0.05) is 6.07 Å². The second kappa shape index (κ2) is 8.37. The molecule has 3 aromatic rings. The summed E-state index contributed by atoms with van der Waals surface area (Å²) in [5, 5.41) is 6.93. The average Bonchev–Trinajstić information content (AvgIpc) is 3.42. The molecule has 1 fully saturated rings. The Hall–Kier alpha value is -3.43. The van der Waals surface area contributed by atoms with Crippen LogP contribution >= 0.6 is 0 Å². The number of anilines is 1. The minimum absolute atomic E-state index is 0.200. The van der Waals surface area contributed by atoms with E-state index in [0.717, 1.165) is 36.7 Å². The van der Waals surface area contributed by atoms with Crippen LogP contribution in [0.2, 0.25) is 0 Å². The van der Waals surface area contributed by atoms with E-state index >= 15 is 0 Å². The van der Waals surface area contributed by atoms with Crippen molar-refractivity contribution in [3.8, 4) is 5.82 Å². The first-order valence-electron chi connectivity index (χ1n) is 9.89. The summed E-state index contributed by atoms with van der Waals surface area (Å²) in [7, 11) is 0. The molecule has 0 aliphatic carbocycles. The molecule has 0 aromatic carbocycles. The molecule has 1 amide bonds. The smallest absolute Gasteiger partial charge is 0.357 e. The summed E-state index contributed by atoms with van der Waals surface area (Å²) >= 11 is 0. The summed E-state index contributed by atoms with van der Waals surface area (Å²) in [5.41, 5.74) is 0.824. The first-order chi connectivity index (χ1) is 14.8. The lowest BCUT2D eigenvalue weighted by atomic mass is 10.2. The molecule has 0 atom stereocenters. The Morgan fingerprint density at radius 2 is 1.74 bits per heavy atom. The van der Waals surface area contributed by atoms with Crippen molar-refractivity contribution in [3.63, 3.8) is 0 Å². The third-order valence-corrected chi connectivity index (χ3v) is 5.24. The number of amides is 1. The van der Waals surface area contributed by atoms with Gasteiger partial charge in [-0.3, -0.25) is 4.79 Å². The van der Waals surface area contributed by atoms with E-state index in [2.05, 4.69) is 25.3 Å². The van der Waals surface area contributed by atoms with Crippen LogP contribution in [0.15, 0.2) is 42.9 Å². The van der Waals surface area contributed by atoms with Gasteiger partial charge in [-0.15, -0.1) is 0 Å². The molecule has 0 radical (unpaired) electrons. The maximum Gasteiger partial charge on any atom is 0.417 e. The summed E-state index contributed by atoms with van der Waals surface area (Å²) in [4.78, 5) is 23.1. The Kier molecular flexibility index (Phi) is 5.62. The van der Waals surface area contributed by atoms with Gasteiger partial charge >= 0.3 is 6.18 Å². The largest absolute Gasteiger partial charge is 0.417 e. The standard InChI is InChI=1S/C21H21F3N6O/c1-14-17(13-28-30(14)19-7-5-16(12-26-19)21(22,23)24)20(31)27-11-15-4-6-18(25-10-15)29-8-2-3-9-29/h4-7,10,12-13H,2-3,8-9,11H2,1H3,(H,27,31). The van der Waals surface area contributed by atoms with E-state index in [4.69, 9.17) is 0 Å². The summed E-state index contributed by atoms with van der Waals surface area (Å²) < 4.78 is 39.5. The van der Waals surface area contributed by atoms with Gasteiger partial charge in [-0.25, -0.2) is 14.6 Å². The van der Waals surface area contributed by atoms with E-state index in [1.165, 1.54) is 29.8 Å². The van der Waals surface area contributed by atoms with Crippen LogP contribution in [0.4, 0.5) is 19.0 Å². The number of carbonyl (C=O) groups excluding carboxylic acids is 1. The molecular weight excluding hydrogens is 409 g/mol. The Bertz CT molecular complexity index is 1050. The topological polar surface area (TPSA) is 75.9 Å². The quantitative estimate of drug-likeness (QED) is 0.670. The SMILES string of the molecule is Cc1c(C(=O)NCc2ccc(N3CCCC3)nc2)cnn1-c1ccc(C(F)(F)F)cn1. The molecular formula is C21H21F3N6O. The molecule has 10 heteroatoms. The van der Waals surface area contributed by atoms with Crippen LogP contribution in [0.1, 0.15) is 40.0 Å². The number of carbonyl (C=O) groups is 1. The molecule has 4 rings (SSSR count). The Morgan fingerprint density at radius 1 is 1.03 bits per heavy atom. The van der Waals surface area contributed by atoms with Gasteiger partial charge < -0.3 is 10.2 Å². The summed E-state index contributed by atoms with van der Waals surface area (Å²) in [6.45, 7) is 3.99. The second-order valence-corrected chi connectivity index (χ2v) is 7.36. The van der Waals surface area contributed by atoms with Crippen LogP contribution < -0.4 is 10.2 Å². The van der Waals surface area contributed by atoms with E-state index in [0.29, 0.717) is 17.8 Å². The van der Waals surface area contributed by atoms with Crippen molar-refractivity contribution < 1.29 is 18.0 Å². The third kappa shape index (κ3) is 4.52. The highest BCUT2D eigenvalue weighted by Gasteiger charge is 2.30. The highest BCUT2D eigenvalue weighted by Crippen LogP contribution is 2.28. The number of nitrogens with zero attached hydrogens (tertiary/aromatic N) is 5. The number of hydrogen-bond acceptors (Lipinski definition) is 5. The van der Waals surface area contributed by atoms with E-state index < -0.39 is 11.7 Å². The van der Waals surface area contributed by atoms with E-state index in [9.17, 15) is 18.0 Å². The van der Waals surface area contributed by atoms with Crippen molar-refractivity contribution in [2.75, 3.05) is 18.0 Å². The Labute approximate surface area is 176 Å². The highest BCUT2D eigenvalue weighted by atomic mass is 19.4. The lowest BCUT2D eigenvalue weighted by molar-refractivity contribution is -0.137. The minimum atomic E-state index is -4.46. The van der Waals surface area contributed by atoms with Gasteiger partial charge in [-0.2, -0.15) is 18.3 Å². The molecule has 0 spiro atoms. The van der Waals surface area contributed by atoms with E-state index in [-0.39, 0.29) is 11.7 Å². The van der Waals surface area contributed by atoms with Crippen molar-refractivity contribution in [2.24, 2.45) is 0 Å². The van der Waals surface area contributed by atoms with Gasteiger partial charge in [0.1, 0.15) is 5.82 Å². The lowest BCUT2D eigenvalue weighted by Gasteiger charge is -2.16. The fraction of sp³-hybridized carbons (Fsp3) is 0.333. The van der Waals surface area contributed by atoms with Gasteiger partial charge in [0.05, 0.1) is 23.0 Å². The molecule has 1 aliphatic rings. The van der Waals surface area contributed by atoms with Gasteiger partial charge in [0.2, 0.25) is 0 Å². The van der Waals surface area contributed by atoms with Gasteiger partial charge in [0.15, 0.2) is 5.82 Å². The van der Waals surface area contributed by atoms with E-state index in [1.54, 1.807) is 13.1 Å². The monoisotopic (exact) mass is 430 g/mol. The molecule has 0 saturated carbocycles. The first-order valence-corrected chi connectivity index (χ1v) is 9.89. The molecule has 4 heterocycles. The molecule has 1 saturated heterocycles.